The lowest BCUT2D eigenvalue weighted by atomic mass is 9.93. The summed E-state index contributed by atoms with van der Waals surface area (Å²) in [4.78, 5) is 0. The van der Waals surface area contributed by atoms with E-state index in [9.17, 15) is 73.7 Å². The first-order valence-corrected chi connectivity index (χ1v) is 12.8. The van der Waals surface area contributed by atoms with Gasteiger partial charge in [0.15, 0.2) is 23.0 Å². The number of nitriles is 4. The monoisotopic (exact) mass is 714 g/mol. The zero-order valence-electron chi connectivity index (χ0n) is 23.4. The van der Waals surface area contributed by atoms with E-state index in [1.807, 2.05) is 0 Å². The van der Waals surface area contributed by atoms with Crippen LogP contribution in [-0.2, 0) is 0 Å². The molecule has 0 aromatic heterocycles. The standard InChI is InChI=1S/C30H6F12N4O4/c31-27(32,33)47-21-3-15-13-1-14-16-4-22(48-28(34,35)36)24(50-30(40,41)42)6-20(16)26(12(9-45)10-46)18(14)2-17(13)25(11(7-43)8-44)19(15)5-23(21)49-29(37,38)39/h1-6H. The Kier molecular flexibility index (Phi) is 8.04. The lowest BCUT2D eigenvalue weighted by Gasteiger charge is -2.17. The Morgan fingerprint density at radius 3 is 0.800 bits per heavy atom. The summed E-state index contributed by atoms with van der Waals surface area (Å²) < 4.78 is 174. The minimum absolute atomic E-state index is 0.279. The molecule has 254 valence electrons. The van der Waals surface area contributed by atoms with Gasteiger partial charge in [-0.2, -0.15) is 21.0 Å². The molecule has 0 N–H and O–H groups in total. The summed E-state index contributed by atoms with van der Waals surface area (Å²) in [5.41, 5.74) is -5.63. The number of rotatable bonds is 4. The number of fused-ring (bicyclic) bond motifs is 6. The Morgan fingerprint density at radius 1 is 0.360 bits per heavy atom. The Balaban J connectivity index is 1.91. The van der Waals surface area contributed by atoms with Crippen molar-refractivity contribution in [2.45, 2.75) is 25.4 Å². The second-order valence-electron chi connectivity index (χ2n) is 9.77. The fourth-order valence-corrected chi connectivity index (χ4v) is 5.36. The molecule has 20 heteroatoms. The molecule has 0 saturated heterocycles. The van der Waals surface area contributed by atoms with Crippen LogP contribution in [-0.4, -0.2) is 25.4 Å². The zero-order chi connectivity index (χ0) is 37.1. The van der Waals surface area contributed by atoms with Crippen LogP contribution in [0, 0.1) is 45.3 Å². The van der Waals surface area contributed by atoms with Gasteiger partial charge in [-0.25, -0.2) is 0 Å². The van der Waals surface area contributed by atoms with Crippen molar-refractivity contribution in [3.63, 3.8) is 0 Å². The lowest BCUT2D eigenvalue weighted by molar-refractivity contribution is -0.287. The highest BCUT2D eigenvalue weighted by Crippen LogP contribution is 2.57. The van der Waals surface area contributed by atoms with E-state index in [2.05, 4.69) is 18.9 Å². The maximum Gasteiger partial charge on any atom is 0.573 e. The summed E-state index contributed by atoms with van der Waals surface area (Å²) in [5, 5.41) is 38.7. The summed E-state index contributed by atoms with van der Waals surface area (Å²) in [6, 6.07) is 9.48. The van der Waals surface area contributed by atoms with Gasteiger partial charge < -0.3 is 18.9 Å². The van der Waals surface area contributed by atoms with E-state index in [0.29, 0.717) is 24.3 Å². The lowest BCUT2D eigenvalue weighted by Crippen LogP contribution is -2.21. The van der Waals surface area contributed by atoms with Crippen molar-refractivity contribution < 1.29 is 71.6 Å². The van der Waals surface area contributed by atoms with E-state index < -0.39 is 93.0 Å². The molecular formula is C30H6F12N4O4. The average Bonchev–Trinajstić information content (AvgIpc) is 3.42. The van der Waals surface area contributed by atoms with Gasteiger partial charge in [0.25, 0.3) is 0 Å². The number of ether oxygens (including phenoxy) is 4. The van der Waals surface area contributed by atoms with Crippen LogP contribution in [0.1, 0.15) is 22.3 Å². The molecule has 0 fully saturated rings. The molecule has 0 amide bonds. The third-order valence-corrected chi connectivity index (χ3v) is 6.83. The summed E-state index contributed by atoms with van der Waals surface area (Å²) >= 11 is 0. The molecule has 50 heavy (non-hydrogen) atoms. The number of benzene rings is 3. The second-order valence-corrected chi connectivity index (χ2v) is 9.77. The Bertz CT molecular complexity index is 2040. The number of halogens is 12. The van der Waals surface area contributed by atoms with Crippen molar-refractivity contribution in [1.29, 1.82) is 21.0 Å². The van der Waals surface area contributed by atoms with Crippen molar-refractivity contribution in [3.05, 3.63) is 69.8 Å². The van der Waals surface area contributed by atoms with Crippen LogP contribution in [0.3, 0.4) is 0 Å². The average molecular weight is 714 g/mol. The molecule has 0 heterocycles. The van der Waals surface area contributed by atoms with E-state index in [4.69, 9.17) is 0 Å². The molecule has 0 aliphatic heterocycles. The van der Waals surface area contributed by atoms with Crippen LogP contribution < -0.4 is 18.9 Å². The largest absolute Gasteiger partial charge is 0.573 e. The van der Waals surface area contributed by atoms with Crippen LogP contribution in [0.2, 0.25) is 0 Å². The predicted molar refractivity (Wildman–Crippen MR) is 139 cm³/mol. The first-order chi connectivity index (χ1) is 23.1. The van der Waals surface area contributed by atoms with Crippen molar-refractivity contribution in [1.82, 2.24) is 0 Å². The molecular weight excluding hydrogens is 708 g/mol. The predicted octanol–water partition coefficient (Wildman–Crippen LogP) is 8.94. The normalized spacial score (nSPS) is 13.0. The maximum absolute atomic E-state index is 13.3. The Hall–Kier alpha value is -6.54. The van der Waals surface area contributed by atoms with Gasteiger partial charge in [0, 0.05) is 11.1 Å². The highest BCUT2D eigenvalue weighted by atomic mass is 19.4. The van der Waals surface area contributed by atoms with Gasteiger partial charge in [0.05, 0.1) is 0 Å². The van der Waals surface area contributed by atoms with E-state index in [-0.39, 0.29) is 22.3 Å². The highest BCUT2D eigenvalue weighted by molar-refractivity contribution is 6.11. The van der Waals surface area contributed by atoms with Crippen LogP contribution >= 0.6 is 0 Å². The molecule has 8 nitrogen and oxygen atoms in total. The maximum atomic E-state index is 13.3. The molecule has 3 aromatic rings. The minimum Gasteiger partial charge on any atom is -0.402 e. The SMILES string of the molecule is N#CC(C#N)=C1c2cc(OC(F)(F)F)c(OC(F)(F)F)cc2-c2cc3c(cc21)C(=C(C#N)C#N)c1cc(OC(F)(F)F)c(OC(F)(F)F)cc1-3. The van der Waals surface area contributed by atoms with Crippen LogP contribution in [0.4, 0.5) is 52.7 Å². The van der Waals surface area contributed by atoms with Crippen LogP contribution in [0.5, 0.6) is 23.0 Å². The van der Waals surface area contributed by atoms with Crippen molar-refractivity contribution in [2.24, 2.45) is 0 Å². The number of alkyl halides is 12. The summed E-state index contributed by atoms with van der Waals surface area (Å²) in [7, 11) is 0. The van der Waals surface area contributed by atoms with Gasteiger partial charge in [-0.3, -0.25) is 0 Å². The first kappa shape index (κ1) is 34.8. The van der Waals surface area contributed by atoms with Gasteiger partial charge in [0.1, 0.15) is 35.4 Å². The van der Waals surface area contributed by atoms with E-state index in [1.165, 1.54) is 24.3 Å². The summed E-state index contributed by atoms with van der Waals surface area (Å²) in [6.45, 7) is 0. The molecule has 2 aliphatic carbocycles. The van der Waals surface area contributed by atoms with Crippen LogP contribution in [0.25, 0.3) is 33.4 Å². The molecule has 0 radical (unpaired) electrons. The topological polar surface area (TPSA) is 132 Å². The van der Waals surface area contributed by atoms with Crippen molar-refractivity contribution >= 4 is 11.1 Å². The molecule has 0 unspecified atom stereocenters. The van der Waals surface area contributed by atoms with Gasteiger partial charge in [-0.15, -0.1) is 52.7 Å². The zero-order valence-corrected chi connectivity index (χ0v) is 23.4. The Morgan fingerprint density at radius 2 is 0.560 bits per heavy atom. The van der Waals surface area contributed by atoms with Crippen LogP contribution in [0.15, 0.2) is 47.5 Å². The van der Waals surface area contributed by atoms with Gasteiger partial charge in [-0.05, 0) is 80.9 Å². The fraction of sp³-hybridized carbons (Fsp3) is 0.133. The third-order valence-electron chi connectivity index (χ3n) is 6.83. The number of allylic oxidation sites excluding steroid dienone is 2. The number of hydrogen-bond donors (Lipinski definition) is 0. The fourth-order valence-electron chi connectivity index (χ4n) is 5.36. The van der Waals surface area contributed by atoms with Gasteiger partial charge in [-0.1, -0.05) is 0 Å². The van der Waals surface area contributed by atoms with Gasteiger partial charge in [0.2, 0.25) is 0 Å². The van der Waals surface area contributed by atoms with E-state index >= 15 is 0 Å². The molecule has 0 spiro atoms. The number of hydrogen-bond acceptors (Lipinski definition) is 8. The minimum atomic E-state index is -5.59. The summed E-state index contributed by atoms with van der Waals surface area (Å²) in [6.07, 6.45) is -22.3. The van der Waals surface area contributed by atoms with Crippen molar-refractivity contribution in [3.8, 4) is 69.5 Å². The highest BCUT2D eigenvalue weighted by Gasteiger charge is 2.42. The molecule has 2 aliphatic rings. The quantitative estimate of drug-likeness (QED) is 0.133. The molecule has 3 aromatic carbocycles. The number of nitrogens with zero attached hydrogens (tertiary/aromatic N) is 4. The Labute approximate surface area is 269 Å². The third kappa shape index (κ3) is 6.59. The van der Waals surface area contributed by atoms with E-state index in [1.54, 1.807) is 0 Å². The molecule has 0 atom stereocenters. The molecule has 0 bridgehead atoms. The van der Waals surface area contributed by atoms with Crippen molar-refractivity contribution in [2.75, 3.05) is 0 Å². The molecule has 0 saturated carbocycles. The van der Waals surface area contributed by atoms with E-state index in [0.717, 1.165) is 12.1 Å². The first-order valence-electron chi connectivity index (χ1n) is 12.8. The van der Waals surface area contributed by atoms with Gasteiger partial charge >= 0.3 is 25.4 Å². The molecule has 5 rings (SSSR count). The summed E-state index contributed by atoms with van der Waals surface area (Å²) in [5.74, 6) is -6.22. The smallest absolute Gasteiger partial charge is 0.402 e. The second kappa shape index (κ2) is 11.6.